The van der Waals surface area contributed by atoms with Gasteiger partial charge in [-0.25, -0.2) is 0 Å². The Labute approximate surface area is 181 Å². The molecule has 2 aromatic rings. The van der Waals surface area contributed by atoms with Crippen molar-refractivity contribution in [3.05, 3.63) is 64.7 Å². The molecular weight excluding hydrogens is 414 g/mol. The van der Waals surface area contributed by atoms with E-state index < -0.39 is 4.92 Å². The fraction of sp³-hybridized carbons (Fsp3) is 0.300. The Kier molecular flexibility index (Phi) is 13.0. The van der Waals surface area contributed by atoms with E-state index in [1.807, 2.05) is 35.2 Å². The summed E-state index contributed by atoms with van der Waals surface area (Å²) >= 11 is 0. The van der Waals surface area contributed by atoms with Crippen molar-refractivity contribution in [3.63, 3.8) is 0 Å². The van der Waals surface area contributed by atoms with Gasteiger partial charge in [-0.3, -0.25) is 19.7 Å². The molecule has 0 radical (unpaired) electrons. The maximum absolute atomic E-state index is 10.8. The molecule has 9 nitrogen and oxygen atoms in total. The first kappa shape index (κ1) is 26.7. The summed E-state index contributed by atoms with van der Waals surface area (Å²) in [5.74, 6) is -0.771. The molecular formula is C20H26ClN3O6. The van der Waals surface area contributed by atoms with Crippen LogP contribution >= 0.6 is 12.4 Å². The van der Waals surface area contributed by atoms with Crippen LogP contribution in [-0.2, 0) is 19.1 Å². The highest BCUT2D eigenvalue weighted by Crippen LogP contribution is 2.19. The molecule has 164 valence electrons. The smallest absolute Gasteiger partial charge is 0.302 e. The van der Waals surface area contributed by atoms with Gasteiger partial charge in [0.05, 0.1) is 18.0 Å². The quantitative estimate of drug-likeness (QED) is 0.287. The summed E-state index contributed by atoms with van der Waals surface area (Å²) < 4.78 is 9.77. The lowest BCUT2D eigenvalue weighted by molar-refractivity contribution is -0.384. The Hall–Kier alpha value is -3.33. The number of nitro groups is 1. The molecule has 0 saturated carbocycles. The number of nitrogens with zero attached hydrogens (tertiary/aromatic N) is 2. The molecule has 0 unspecified atom stereocenters. The Morgan fingerprint density at radius 3 is 1.73 bits per heavy atom. The molecule has 10 heteroatoms. The van der Waals surface area contributed by atoms with Crippen LogP contribution in [0.2, 0.25) is 0 Å². The van der Waals surface area contributed by atoms with Crippen LogP contribution < -0.4 is 10.6 Å². The Morgan fingerprint density at radius 2 is 1.40 bits per heavy atom. The standard InChI is InChI=1S/C14H18N2O6.C6H7N.ClH/c1-11(17)21-9-7-15(8-10-22-12(2)18)13-3-5-14(6-4-13)16(19)20;7-6-4-2-1-3-5-6;/h3-6H,7-10H2,1-2H3;1-5H,7H2;1H. The average molecular weight is 440 g/mol. The SMILES string of the molecule is CC(=O)OCCN(CCOC(C)=O)c1ccc([N+](=O)[O-])cc1.Cl.Nc1ccccc1. The lowest BCUT2D eigenvalue weighted by atomic mass is 10.2. The van der Waals surface area contributed by atoms with Crippen molar-refractivity contribution >= 4 is 41.4 Å². The maximum Gasteiger partial charge on any atom is 0.302 e. The van der Waals surface area contributed by atoms with Crippen molar-refractivity contribution in [2.75, 3.05) is 36.9 Å². The number of anilines is 2. The van der Waals surface area contributed by atoms with Gasteiger partial charge in [-0.15, -0.1) is 12.4 Å². The lowest BCUT2D eigenvalue weighted by Crippen LogP contribution is -2.31. The van der Waals surface area contributed by atoms with Gasteiger partial charge in [0.25, 0.3) is 5.69 Å². The Morgan fingerprint density at radius 1 is 0.933 bits per heavy atom. The van der Waals surface area contributed by atoms with E-state index in [1.54, 1.807) is 12.1 Å². The van der Waals surface area contributed by atoms with E-state index >= 15 is 0 Å². The van der Waals surface area contributed by atoms with Crippen LogP contribution in [-0.4, -0.2) is 43.2 Å². The van der Waals surface area contributed by atoms with Gasteiger partial charge in [0, 0.05) is 37.4 Å². The van der Waals surface area contributed by atoms with Crippen LogP contribution in [0.25, 0.3) is 0 Å². The summed E-state index contributed by atoms with van der Waals surface area (Å²) in [5, 5.41) is 10.7. The van der Waals surface area contributed by atoms with Gasteiger partial charge < -0.3 is 20.1 Å². The van der Waals surface area contributed by atoms with Gasteiger partial charge in [-0.05, 0) is 24.3 Å². The zero-order chi connectivity index (χ0) is 21.6. The minimum Gasteiger partial charge on any atom is -0.464 e. The molecule has 0 atom stereocenters. The first-order valence-electron chi connectivity index (χ1n) is 8.86. The van der Waals surface area contributed by atoms with Crippen LogP contribution in [0, 0.1) is 10.1 Å². The topological polar surface area (TPSA) is 125 Å². The van der Waals surface area contributed by atoms with Gasteiger partial charge in [-0.2, -0.15) is 0 Å². The van der Waals surface area contributed by atoms with Crippen LogP contribution in [0.3, 0.4) is 0 Å². The molecule has 0 aliphatic carbocycles. The molecule has 0 bridgehead atoms. The molecule has 2 aromatic carbocycles. The third-order valence-corrected chi connectivity index (χ3v) is 3.56. The molecule has 0 fully saturated rings. The summed E-state index contributed by atoms with van der Waals surface area (Å²) in [4.78, 5) is 33.6. The summed E-state index contributed by atoms with van der Waals surface area (Å²) in [6.45, 7) is 3.75. The number of non-ortho nitro benzene ring substituents is 1. The summed E-state index contributed by atoms with van der Waals surface area (Å²) in [7, 11) is 0. The predicted octanol–water partition coefficient (Wildman–Crippen LogP) is 3.22. The monoisotopic (exact) mass is 439 g/mol. The van der Waals surface area contributed by atoms with E-state index in [2.05, 4.69) is 0 Å². The van der Waals surface area contributed by atoms with E-state index in [0.29, 0.717) is 18.8 Å². The molecule has 2 N–H and O–H groups in total. The predicted molar refractivity (Wildman–Crippen MR) is 117 cm³/mol. The Balaban J connectivity index is 0.000000886. The zero-order valence-corrected chi connectivity index (χ0v) is 17.7. The number of ether oxygens (including phenoxy) is 2. The van der Waals surface area contributed by atoms with Crippen molar-refractivity contribution in [1.29, 1.82) is 0 Å². The van der Waals surface area contributed by atoms with Gasteiger partial charge in [0.2, 0.25) is 0 Å². The summed E-state index contributed by atoms with van der Waals surface area (Å²) in [5.41, 5.74) is 6.88. The van der Waals surface area contributed by atoms with Crippen molar-refractivity contribution in [2.24, 2.45) is 0 Å². The average Bonchev–Trinajstić information content (AvgIpc) is 2.67. The molecule has 0 saturated heterocycles. The maximum atomic E-state index is 10.8. The first-order valence-corrected chi connectivity index (χ1v) is 8.86. The molecule has 0 spiro atoms. The van der Waals surface area contributed by atoms with Crippen molar-refractivity contribution < 1.29 is 24.0 Å². The highest BCUT2D eigenvalue weighted by Gasteiger charge is 2.11. The second-order valence-electron chi connectivity index (χ2n) is 5.85. The van der Waals surface area contributed by atoms with E-state index in [9.17, 15) is 19.7 Å². The normalized spacial score (nSPS) is 9.27. The number of halogens is 1. The number of para-hydroxylation sites is 1. The molecule has 2 rings (SSSR count). The number of nitro benzene ring substituents is 1. The summed E-state index contributed by atoms with van der Waals surface area (Å²) in [6, 6.07) is 15.5. The second kappa shape index (κ2) is 14.6. The number of hydrogen-bond donors (Lipinski definition) is 1. The summed E-state index contributed by atoms with van der Waals surface area (Å²) in [6.07, 6.45) is 0. The van der Waals surface area contributed by atoms with Gasteiger partial charge in [0.15, 0.2) is 0 Å². The molecule has 0 aliphatic rings. The van der Waals surface area contributed by atoms with E-state index in [4.69, 9.17) is 15.2 Å². The van der Waals surface area contributed by atoms with Gasteiger partial charge in [-0.1, -0.05) is 18.2 Å². The number of carbonyl (C=O) groups is 2. The highest BCUT2D eigenvalue weighted by atomic mass is 35.5. The van der Waals surface area contributed by atoms with Crippen molar-refractivity contribution in [3.8, 4) is 0 Å². The first-order chi connectivity index (χ1) is 13.8. The van der Waals surface area contributed by atoms with Gasteiger partial charge in [0.1, 0.15) is 13.2 Å². The molecule has 0 amide bonds. The number of benzene rings is 2. The van der Waals surface area contributed by atoms with Crippen molar-refractivity contribution in [1.82, 2.24) is 0 Å². The van der Waals surface area contributed by atoms with E-state index in [1.165, 1.54) is 26.0 Å². The molecule has 0 aliphatic heterocycles. The minimum absolute atomic E-state index is 0. The van der Waals surface area contributed by atoms with Crippen molar-refractivity contribution in [2.45, 2.75) is 13.8 Å². The largest absolute Gasteiger partial charge is 0.464 e. The van der Waals surface area contributed by atoms with E-state index in [-0.39, 0.29) is 43.2 Å². The third-order valence-electron chi connectivity index (χ3n) is 3.56. The highest BCUT2D eigenvalue weighted by molar-refractivity contribution is 5.85. The second-order valence-corrected chi connectivity index (χ2v) is 5.85. The number of carbonyl (C=O) groups excluding carboxylic acids is 2. The van der Waals surface area contributed by atoms with Crippen LogP contribution in [0.15, 0.2) is 54.6 Å². The molecule has 0 aromatic heterocycles. The van der Waals surface area contributed by atoms with Crippen LogP contribution in [0.1, 0.15) is 13.8 Å². The number of nitrogens with two attached hydrogens (primary N) is 1. The van der Waals surface area contributed by atoms with E-state index in [0.717, 1.165) is 5.69 Å². The zero-order valence-electron chi connectivity index (χ0n) is 16.9. The molecule has 30 heavy (non-hydrogen) atoms. The number of hydrogen-bond acceptors (Lipinski definition) is 8. The number of nitrogen functional groups attached to an aromatic ring is 1. The fourth-order valence-corrected chi connectivity index (χ4v) is 2.21. The third kappa shape index (κ3) is 11.5. The minimum atomic E-state index is -0.480. The Bertz CT molecular complexity index is 767. The molecule has 0 heterocycles. The lowest BCUT2D eigenvalue weighted by Gasteiger charge is -2.24. The number of esters is 2. The van der Waals surface area contributed by atoms with Crippen LogP contribution in [0.4, 0.5) is 17.1 Å². The van der Waals surface area contributed by atoms with Crippen LogP contribution in [0.5, 0.6) is 0 Å². The number of rotatable bonds is 8. The fourth-order valence-electron chi connectivity index (χ4n) is 2.21. The van der Waals surface area contributed by atoms with Gasteiger partial charge >= 0.3 is 11.9 Å².